The minimum atomic E-state index is -3.04. The fourth-order valence-corrected chi connectivity index (χ4v) is 2.05. The molecule has 0 radical (unpaired) electrons. The average molecular weight is 166 g/mol. The maximum atomic E-state index is 10.8. The van der Waals surface area contributed by atoms with Crippen LogP contribution in [-0.2, 0) is 14.6 Å². The van der Waals surface area contributed by atoms with E-state index in [4.69, 9.17) is 9.84 Å². The summed E-state index contributed by atoms with van der Waals surface area (Å²) in [4.78, 5) is 0. The average Bonchev–Trinajstić information content (AvgIpc) is 1.90. The van der Waals surface area contributed by atoms with Crippen LogP contribution in [0.1, 0.15) is 0 Å². The van der Waals surface area contributed by atoms with E-state index in [0.29, 0.717) is 0 Å². The van der Waals surface area contributed by atoms with Gasteiger partial charge in [-0.05, 0) is 0 Å². The van der Waals surface area contributed by atoms with Crippen LogP contribution in [0.4, 0.5) is 0 Å². The van der Waals surface area contributed by atoms with Crippen molar-refractivity contribution < 1.29 is 18.3 Å². The van der Waals surface area contributed by atoms with Crippen molar-refractivity contribution in [1.82, 2.24) is 0 Å². The van der Waals surface area contributed by atoms with Crippen LogP contribution in [0.2, 0.25) is 0 Å². The SMILES string of the molecule is O=S1(=O)CCOCC(O)C1. The molecule has 60 valence electrons. The van der Waals surface area contributed by atoms with Gasteiger partial charge >= 0.3 is 0 Å². The van der Waals surface area contributed by atoms with Gasteiger partial charge in [-0.1, -0.05) is 0 Å². The molecule has 5 heteroatoms. The molecule has 1 N–H and O–H groups in total. The summed E-state index contributed by atoms with van der Waals surface area (Å²) in [5.41, 5.74) is 0. The van der Waals surface area contributed by atoms with Gasteiger partial charge in [-0.15, -0.1) is 0 Å². The Balaban J connectivity index is 2.64. The van der Waals surface area contributed by atoms with Crippen LogP contribution < -0.4 is 0 Å². The number of aliphatic hydroxyl groups is 1. The van der Waals surface area contributed by atoms with E-state index >= 15 is 0 Å². The molecule has 1 atom stereocenters. The molecular weight excluding hydrogens is 156 g/mol. The molecule has 10 heavy (non-hydrogen) atoms. The molecule has 0 aliphatic carbocycles. The van der Waals surface area contributed by atoms with Crippen LogP contribution >= 0.6 is 0 Å². The van der Waals surface area contributed by atoms with Crippen molar-refractivity contribution in [2.45, 2.75) is 6.10 Å². The summed E-state index contributed by atoms with van der Waals surface area (Å²) in [6.45, 7) is 0.346. The van der Waals surface area contributed by atoms with Crippen molar-refractivity contribution in [3.8, 4) is 0 Å². The predicted molar refractivity (Wildman–Crippen MR) is 35.5 cm³/mol. The van der Waals surface area contributed by atoms with Gasteiger partial charge in [-0.3, -0.25) is 0 Å². The van der Waals surface area contributed by atoms with Crippen LogP contribution in [0.25, 0.3) is 0 Å². The number of ether oxygens (including phenoxy) is 1. The normalized spacial score (nSPS) is 33.1. The number of hydrogen-bond donors (Lipinski definition) is 1. The summed E-state index contributed by atoms with van der Waals surface area (Å²) in [5, 5.41) is 8.92. The maximum Gasteiger partial charge on any atom is 0.155 e. The van der Waals surface area contributed by atoms with Gasteiger partial charge in [0.2, 0.25) is 0 Å². The van der Waals surface area contributed by atoms with Crippen LogP contribution in [0.3, 0.4) is 0 Å². The first kappa shape index (κ1) is 7.97. The molecular formula is C5H10O4S. The van der Waals surface area contributed by atoms with E-state index in [1.54, 1.807) is 0 Å². The lowest BCUT2D eigenvalue weighted by Gasteiger charge is -2.02. The molecule has 4 nitrogen and oxygen atoms in total. The molecule has 0 aromatic rings. The number of hydrogen-bond acceptors (Lipinski definition) is 4. The second kappa shape index (κ2) is 2.86. The third-order valence-electron chi connectivity index (χ3n) is 1.30. The molecule has 1 rings (SSSR count). The van der Waals surface area contributed by atoms with E-state index in [-0.39, 0.29) is 24.7 Å². The molecule has 0 aromatic heterocycles. The lowest BCUT2D eigenvalue weighted by molar-refractivity contribution is 0.0604. The molecule has 1 unspecified atom stereocenters. The van der Waals surface area contributed by atoms with Gasteiger partial charge in [0, 0.05) is 0 Å². The van der Waals surface area contributed by atoms with Gasteiger partial charge in [-0.2, -0.15) is 0 Å². The van der Waals surface area contributed by atoms with E-state index in [9.17, 15) is 8.42 Å². The van der Waals surface area contributed by atoms with Gasteiger partial charge in [0.1, 0.15) is 0 Å². The van der Waals surface area contributed by atoms with Crippen molar-refractivity contribution in [3.05, 3.63) is 0 Å². The zero-order chi connectivity index (χ0) is 7.61. The molecule has 0 amide bonds. The van der Waals surface area contributed by atoms with Crippen LogP contribution in [0.5, 0.6) is 0 Å². The van der Waals surface area contributed by atoms with E-state index in [0.717, 1.165) is 0 Å². The lowest BCUT2D eigenvalue weighted by Crippen LogP contribution is -2.22. The molecule has 1 aliphatic heterocycles. The Kier molecular flexibility index (Phi) is 2.28. The predicted octanol–water partition coefficient (Wildman–Crippen LogP) is -1.21. The fraction of sp³-hybridized carbons (Fsp3) is 1.00. The highest BCUT2D eigenvalue weighted by molar-refractivity contribution is 7.91. The van der Waals surface area contributed by atoms with Crippen molar-refractivity contribution in [1.29, 1.82) is 0 Å². The van der Waals surface area contributed by atoms with E-state index in [2.05, 4.69) is 0 Å². The van der Waals surface area contributed by atoms with Crippen molar-refractivity contribution >= 4 is 9.84 Å². The Morgan fingerprint density at radius 1 is 1.50 bits per heavy atom. The minimum absolute atomic E-state index is 0.0318. The van der Waals surface area contributed by atoms with E-state index in [1.807, 2.05) is 0 Å². The van der Waals surface area contributed by atoms with Crippen molar-refractivity contribution in [2.24, 2.45) is 0 Å². The number of rotatable bonds is 0. The minimum Gasteiger partial charge on any atom is -0.390 e. The van der Waals surface area contributed by atoms with Crippen LogP contribution in [0, 0.1) is 0 Å². The molecule has 1 aliphatic rings. The summed E-state index contributed by atoms with van der Waals surface area (Å²) in [5.74, 6) is -0.128. The van der Waals surface area contributed by atoms with Crippen LogP contribution in [0.15, 0.2) is 0 Å². The van der Waals surface area contributed by atoms with Crippen molar-refractivity contribution in [3.63, 3.8) is 0 Å². The molecule has 0 bridgehead atoms. The molecule has 0 aromatic carbocycles. The van der Waals surface area contributed by atoms with Gasteiger partial charge in [0.25, 0.3) is 0 Å². The topological polar surface area (TPSA) is 63.6 Å². The largest absolute Gasteiger partial charge is 0.390 e. The third-order valence-corrected chi connectivity index (χ3v) is 2.98. The highest BCUT2D eigenvalue weighted by Gasteiger charge is 2.20. The molecule has 1 fully saturated rings. The van der Waals surface area contributed by atoms with Gasteiger partial charge < -0.3 is 9.84 Å². The molecule has 0 spiro atoms. The van der Waals surface area contributed by atoms with E-state index < -0.39 is 15.9 Å². The zero-order valence-corrected chi connectivity index (χ0v) is 6.30. The Morgan fingerprint density at radius 2 is 2.20 bits per heavy atom. The number of sulfone groups is 1. The Hall–Kier alpha value is -0.130. The monoisotopic (exact) mass is 166 g/mol. The number of aliphatic hydroxyl groups excluding tert-OH is 1. The second-order valence-corrected chi connectivity index (χ2v) is 4.57. The first-order valence-corrected chi connectivity index (χ1v) is 4.88. The zero-order valence-electron chi connectivity index (χ0n) is 5.49. The van der Waals surface area contributed by atoms with E-state index in [1.165, 1.54) is 0 Å². The summed E-state index contributed by atoms with van der Waals surface area (Å²) in [7, 11) is -3.04. The Labute approximate surface area is 59.7 Å². The second-order valence-electron chi connectivity index (χ2n) is 2.34. The summed E-state index contributed by atoms with van der Waals surface area (Å²) in [6, 6.07) is 0. The quantitative estimate of drug-likeness (QED) is 0.490. The molecule has 0 saturated carbocycles. The first-order chi connectivity index (χ1) is 4.60. The van der Waals surface area contributed by atoms with Gasteiger partial charge in [0.15, 0.2) is 9.84 Å². The summed E-state index contributed by atoms with van der Waals surface area (Å²) >= 11 is 0. The third kappa shape index (κ3) is 2.24. The Morgan fingerprint density at radius 3 is 2.90 bits per heavy atom. The van der Waals surface area contributed by atoms with Crippen LogP contribution in [-0.4, -0.2) is 44.3 Å². The highest BCUT2D eigenvalue weighted by atomic mass is 32.2. The molecule has 1 saturated heterocycles. The first-order valence-electron chi connectivity index (χ1n) is 3.06. The highest BCUT2D eigenvalue weighted by Crippen LogP contribution is 2.01. The smallest absolute Gasteiger partial charge is 0.155 e. The van der Waals surface area contributed by atoms with Gasteiger partial charge in [-0.25, -0.2) is 8.42 Å². The lowest BCUT2D eigenvalue weighted by atomic mass is 10.4. The standard InChI is InChI=1S/C5H10O4S/c6-5-3-9-1-2-10(7,8)4-5/h5-6H,1-4H2. The fourth-order valence-electron chi connectivity index (χ4n) is 0.830. The van der Waals surface area contributed by atoms with Gasteiger partial charge in [0.05, 0.1) is 30.8 Å². The summed E-state index contributed by atoms with van der Waals surface area (Å²) in [6.07, 6.45) is -0.840. The summed E-state index contributed by atoms with van der Waals surface area (Å²) < 4.78 is 26.5. The maximum absolute atomic E-state index is 10.8. The Bertz CT molecular complexity index is 196. The molecule has 1 heterocycles. The van der Waals surface area contributed by atoms with Crippen molar-refractivity contribution in [2.75, 3.05) is 24.7 Å².